The maximum Gasteiger partial charge on any atom is 0.266 e. The molecule has 0 radical (unpaired) electrons. The van der Waals surface area contributed by atoms with Gasteiger partial charge in [-0.3, -0.25) is 14.2 Å². The van der Waals surface area contributed by atoms with Gasteiger partial charge in [0, 0.05) is 6.04 Å². The molecule has 0 unspecified atom stereocenters. The van der Waals surface area contributed by atoms with Gasteiger partial charge in [0.15, 0.2) is 5.16 Å². The molecular formula is C21H21N3O2S. The van der Waals surface area contributed by atoms with Crippen LogP contribution in [0.1, 0.15) is 24.0 Å². The Morgan fingerprint density at radius 3 is 2.74 bits per heavy atom. The van der Waals surface area contributed by atoms with Gasteiger partial charge in [0.25, 0.3) is 5.56 Å². The third-order valence-electron chi connectivity index (χ3n) is 4.61. The summed E-state index contributed by atoms with van der Waals surface area (Å²) in [5.74, 6) is 0.226. The second-order valence-electron chi connectivity index (χ2n) is 6.97. The maximum absolute atomic E-state index is 13.2. The second-order valence-corrected chi connectivity index (χ2v) is 7.91. The van der Waals surface area contributed by atoms with Gasteiger partial charge in [-0.25, -0.2) is 4.98 Å². The number of aryl methyl sites for hydroxylation is 2. The first-order valence-corrected chi connectivity index (χ1v) is 10.0. The number of carbonyl (C=O) groups is 1. The quantitative estimate of drug-likeness (QED) is 0.545. The van der Waals surface area contributed by atoms with Crippen LogP contribution in [0.5, 0.6) is 0 Å². The van der Waals surface area contributed by atoms with Gasteiger partial charge in [-0.1, -0.05) is 41.6 Å². The number of fused-ring (bicyclic) bond motifs is 1. The van der Waals surface area contributed by atoms with Crippen LogP contribution in [-0.2, 0) is 4.79 Å². The van der Waals surface area contributed by atoms with Crippen molar-refractivity contribution in [2.24, 2.45) is 0 Å². The summed E-state index contributed by atoms with van der Waals surface area (Å²) in [6, 6.07) is 13.6. The summed E-state index contributed by atoms with van der Waals surface area (Å²) in [5, 5.41) is 4.09. The van der Waals surface area contributed by atoms with Gasteiger partial charge in [0.1, 0.15) is 0 Å². The fourth-order valence-electron chi connectivity index (χ4n) is 3.10. The summed E-state index contributed by atoms with van der Waals surface area (Å²) in [5.41, 5.74) is 3.47. The van der Waals surface area contributed by atoms with E-state index in [-0.39, 0.29) is 17.2 Å². The van der Waals surface area contributed by atoms with E-state index in [4.69, 9.17) is 0 Å². The first-order valence-electron chi connectivity index (χ1n) is 9.04. The summed E-state index contributed by atoms with van der Waals surface area (Å²) < 4.78 is 1.63. The molecule has 3 aromatic rings. The Hall–Kier alpha value is -2.60. The topological polar surface area (TPSA) is 64.0 Å². The van der Waals surface area contributed by atoms with Gasteiger partial charge < -0.3 is 5.32 Å². The average molecular weight is 379 g/mol. The zero-order valence-corrected chi connectivity index (χ0v) is 16.2. The SMILES string of the molecule is Cc1ccc(-n2c(SCC(=O)NC3CC3)nc3ccccc3c2=O)c(C)c1. The van der Waals surface area contributed by atoms with Crippen molar-refractivity contribution in [3.63, 3.8) is 0 Å². The van der Waals surface area contributed by atoms with Crippen LogP contribution in [0, 0.1) is 13.8 Å². The highest BCUT2D eigenvalue weighted by Crippen LogP contribution is 2.24. The van der Waals surface area contributed by atoms with Crippen molar-refractivity contribution >= 4 is 28.6 Å². The van der Waals surface area contributed by atoms with E-state index in [1.54, 1.807) is 10.6 Å². The van der Waals surface area contributed by atoms with E-state index < -0.39 is 0 Å². The molecule has 0 bridgehead atoms. The maximum atomic E-state index is 13.2. The average Bonchev–Trinajstić information content (AvgIpc) is 3.45. The third-order valence-corrected chi connectivity index (χ3v) is 5.55. The molecule has 1 N–H and O–H groups in total. The summed E-state index contributed by atoms with van der Waals surface area (Å²) in [4.78, 5) is 30.0. The number of amides is 1. The van der Waals surface area contributed by atoms with Crippen molar-refractivity contribution in [2.45, 2.75) is 37.9 Å². The van der Waals surface area contributed by atoms with E-state index >= 15 is 0 Å². The molecule has 1 amide bonds. The minimum absolute atomic E-state index is 0.0166. The Morgan fingerprint density at radius 1 is 1.22 bits per heavy atom. The van der Waals surface area contributed by atoms with E-state index in [0.29, 0.717) is 22.1 Å². The Morgan fingerprint density at radius 2 is 2.00 bits per heavy atom. The first-order chi connectivity index (χ1) is 13.0. The van der Waals surface area contributed by atoms with Gasteiger partial charge >= 0.3 is 0 Å². The highest BCUT2D eigenvalue weighted by molar-refractivity contribution is 7.99. The molecule has 0 saturated heterocycles. The molecule has 1 fully saturated rings. The predicted molar refractivity (Wildman–Crippen MR) is 109 cm³/mol. The third kappa shape index (κ3) is 3.76. The van der Waals surface area contributed by atoms with Gasteiger partial charge in [-0.15, -0.1) is 0 Å². The van der Waals surface area contributed by atoms with E-state index in [2.05, 4.69) is 10.3 Å². The number of rotatable bonds is 5. The number of hydrogen-bond acceptors (Lipinski definition) is 4. The van der Waals surface area contributed by atoms with Crippen molar-refractivity contribution in [1.82, 2.24) is 14.9 Å². The fourth-order valence-corrected chi connectivity index (χ4v) is 3.92. The lowest BCUT2D eigenvalue weighted by molar-refractivity contribution is -0.118. The fraction of sp³-hybridized carbons (Fsp3) is 0.286. The molecule has 1 aromatic heterocycles. The Labute approximate surface area is 161 Å². The number of hydrogen-bond donors (Lipinski definition) is 1. The highest BCUT2D eigenvalue weighted by Gasteiger charge is 2.23. The van der Waals surface area contributed by atoms with Crippen LogP contribution in [-0.4, -0.2) is 27.3 Å². The van der Waals surface area contributed by atoms with Crippen molar-refractivity contribution in [2.75, 3.05) is 5.75 Å². The van der Waals surface area contributed by atoms with Crippen molar-refractivity contribution in [1.29, 1.82) is 0 Å². The number of benzene rings is 2. The van der Waals surface area contributed by atoms with Crippen LogP contribution in [0.2, 0.25) is 0 Å². The van der Waals surface area contributed by atoms with Crippen molar-refractivity contribution < 1.29 is 4.79 Å². The van der Waals surface area contributed by atoms with Gasteiger partial charge in [-0.2, -0.15) is 0 Å². The highest BCUT2D eigenvalue weighted by atomic mass is 32.2. The van der Waals surface area contributed by atoms with Crippen LogP contribution >= 0.6 is 11.8 Å². The zero-order valence-electron chi connectivity index (χ0n) is 15.4. The number of nitrogens with zero attached hydrogens (tertiary/aromatic N) is 2. The molecule has 2 aromatic carbocycles. The molecule has 0 atom stereocenters. The number of aromatic nitrogens is 2. The molecule has 6 heteroatoms. The molecule has 5 nitrogen and oxygen atoms in total. The summed E-state index contributed by atoms with van der Waals surface area (Å²) in [7, 11) is 0. The molecule has 0 spiro atoms. The van der Waals surface area contributed by atoms with Crippen LogP contribution in [0.25, 0.3) is 16.6 Å². The number of thioether (sulfide) groups is 1. The molecule has 27 heavy (non-hydrogen) atoms. The van der Waals surface area contributed by atoms with Gasteiger partial charge in [-0.05, 0) is 50.5 Å². The van der Waals surface area contributed by atoms with E-state index in [0.717, 1.165) is 29.7 Å². The normalized spacial score (nSPS) is 13.7. The lowest BCUT2D eigenvalue weighted by atomic mass is 10.1. The Kier molecular flexibility index (Phi) is 4.74. The summed E-state index contributed by atoms with van der Waals surface area (Å²) in [6.45, 7) is 4.01. The Balaban J connectivity index is 1.79. The summed E-state index contributed by atoms with van der Waals surface area (Å²) in [6.07, 6.45) is 2.11. The lowest BCUT2D eigenvalue weighted by Gasteiger charge is -2.15. The van der Waals surface area contributed by atoms with Crippen molar-refractivity contribution in [3.8, 4) is 5.69 Å². The Bertz CT molecular complexity index is 1090. The molecular weight excluding hydrogens is 358 g/mol. The van der Waals surface area contributed by atoms with E-state index in [1.807, 2.05) is 50.2 Å². The predicted octanol–water partition coefficient (Wildman–Crippen LogP) is 3.37. The lowest BCUT2D eigenvalue weighted by Crippen LogP contribution is -2.28. The van der Waals surface area contributed by atoms with Crippen molar-refractivity contribution in [3.05, 3.63) is 63.9 Å². The molecule has 1 aliphatic carbocycles. The van der Waals surface area contributed by atoms with Crippen LogP contribution in [0.15, 0.2) is 52.4 Å². The molecule has 1 aliphatic rings. The monoisotopic (exact) mass is 379 g/mol. The molecule has 0 aliphatic heterocycles. The van der Waals surface area contributed by atoms with Crippen LogP contribution in [0.3, 0.4) is 0 Å². The van der Waals surface area contributed by atoms with Crippen LogP contribution < -0.4 is 10.9 Å². The van der Waals surface area contributed by atoms with E-state index in [1.165, 1.54) is 11.8 Å². The minimum Gasteiger partial charge on any atom is -0.353 e. The first kappa shape index (κ1) is 17.8. The summed E-state index contributed by atoms with van der Waals surface area (Å²) >= 11 is 1.30. The number of nitrogens with one attached hydrogen (secondary N) is 1. The number of para-hydroxylation sites is 1. The van der Waals surface area contributed by atoms with Gasteiger partial charge in [0.05, 0.1) is 22.3 Å². The zero-order chi connectivity index (χ0) is 19.0. The second kappa shape index (κ2) is 7.19. The molecule has 1 heterocycles. The van der Waals surface area contributed by atoms with Crippen LogP contribution in [0.4, 0.5) is 0 Å². The molecule has 4 rings (SSSR count). The molecule has 138 valence electrons. The van der Waals surface area contributed by atoms with E-state index in [9.17, 15) is 9.59 Å². The minimum atomic E-state index is -0.113. The van der Waals surface area contributed by atoms with Gasteiger partial charge in [0.2, 0.25) is 5.91 Å². The standard InChI is InChI=1S/C21H21N3O2S/c1-13-7-10-18(14(2)11-13)24-20(26)16-5-3-4-6-17(16)23-21(24)27-12-19(25)22-15-8-9-15/h3-7,10-11,15H,8-9,12H2,1-2H3,(H,22,25). The smallest absolute Gasteiger partial charge is 0.266 e. The number of carbonyl (C=O) groups excluding carboxylic acids is 1. The molecule has 1 saturated carbocycles. The largest absolute Gasteiger partial charge is 0.353 e.